The number of amides is 1. The summed E-state index contributed by atoms with van der Waals surface area (Å²) >= 11 is 5.85. The summed E-state index contributed by atoms with van der Waals surface area (Å²) in [5, 5.41) is 5.69. The van der Waals surface area contributed by atoms with E-state index in [1.54, 1.807) is 16.7 Å². The normalized spacial score (nSPS) is 16.4. The van der Waals surface area contributed by atoms with Gasteiger partial charge in [0.05, 0.1) is 25.8 Å². The molecule has 1 saturated heterocycles. The van der Waals surface area contributed by atoms with Crippen LogP contribution in [0.3, 0.4) is 0 Å². The highest BCUT2D eigenvalue weighted by atomic mass is 35.5. The molecule has 1 aliphatic heterocycles. The van der Waals surface area contributed by atoms with Crippen molar-refractivity contribution in [1.29, 1.82) is 0 Å². The van der Waals surface area contributed by atoms with Gasteiger partial charge in [-0.2, -0.15) is 18.3 Å². The summed E-state index contributed by atoms with van der Waals surface area (Å²) in [6, 6.07) is 0. The number of aromatic nitrogens is 2. The van der Waals surface area contributed by atoms with Crippen molar-refractivity contribution in [3.8, 4) is 5.75 Å². The number of halogens is 4. The number of carbonyl (C=O) groups is 1. The van der Waals surface area contributed by atoms with E-state index in [0.29, 0.717) is 32.4 Å². The van der Waals surface area contributed by atoms with Gasteiger partial charge >= 0.3 is 6.18 Å². The van der Waals surface area contributed by atoms with Crippen LogP contribution in [0, 0.1) is 0 Å². The number of carbonyl (C=O) groups excluding carboxylic acids is 1. The molecule has 1 aromatic heterocycles. The highest BCUT2D eigenvalue weighted by Crippen LogP contribution is 2.24. The highest BCUT2D eigenvalue weighted by Gasteiger charge is 2.30. The predicted octanol–water partition coefficient (Wildman–Crippen LogP) is 2.26. The molecular formula is C20H26ClF3N6O4. The molecule has 0 bridgehead atoms. The van der Waals surface area contributed by atoms with Gasteiger partial charge in [0.15, 0.2) is 10.8 Å². The zero-order valence-corrected chi connectivity index (χ0v) is 19.5. The molecule has 2 heterocycles. The van der Waals surface area contributed by atoms with Crippen LogP contribution in [-0.2, 0) is 9.53 Å². The average Bonchev–Trinajstić information content (AvgIpc) is 2.79. The molecule has 1 amide bonds. The summed E-state index contributed by atoms with van der Waals surface area (Å²) in [6.45, 7) is 7.78. The SMILES string of the molecule is C=N/C(=N\C=C(/C)C(F)(F)F)N1CCN(C(=O)CCOC[C@H](C)Oc2cn[nH]c(=O)c2Cl)CC1. The van der Waals surface area contributed by atoms with Gasteiger partial charge < -0.3 is 19.3 Å². The van der Waals surface area contributed by atoms with Gasteiger partial charge in [-0.25, -0.2) is 15.1 Å². The summed E-state index contributed by atoms with van der Waals surface area (Å²) in [5.74, 6) is 0.0908. The van der Waals surface area contributed by atoms with E-state index >= 15 is 0 Å². The lowest BCUT2D eigenvalue weighted by molar-refractivity contribution is -0.133. The van der Waals surface area contributed by atoms with Crippen molar-refractivity contribution in [2.75, 3.05) is 39.4 Å². The summed E-state index contributed by atoms with van der Waals surface area (Å²) in [7, 11) is 0. The average molecular weight is 507 g/mol. The van der Waals surface area contributed by atoms with Crippen LogP contribution in [-0.4, -0.2) is 90.3 Å². The third kappa shape index (κ3) is 8.13. The van der Waals surface area contributed by atoms with Gasteiger partial charge in [-0.15, -0.1) is 0 Å². The van der Waals surface area contributed by atoms with Gasteiger partial charge in [0.1, 0.15) is 6.10 Å². The van der Waals surface area contributed by atoms with Gasteiger partial charge in [-0.3, -0.25) is 9.59 Å². The summed E-state index contributed by atoms with van der Waals surface area (Å²) in [6.07, 6.45) is -2.75. The molecule has 0 aromatic carbocycles. The maximum atomic E-state index is 12.6. The number of guanidine groups is 1. The second-order valence-corrected chi connectivity index (χ2v) is 7.77. The quantitative estimate of drug-likeness (QED) is 0.329. The predicted molar refractivity (Wildman–Crippen MR) is 120 cm³/mol. The summed E-state index contributed by atoms with van der Waals surface area (Å²) in [5.41, 5.74) is -1.41. The third-order valence-corrected chi connectivity index (χ3v) is 5.14. The molecule has 34 heavy (non-hydrogen) atoms. The van der Waals surface area contributed by atoms with Crippen LogP contribution in [0.5, 0.6) is 5.75 Å². The number of rotatable bonds is 8. The van der Waals surface area contributed by atoms with E-state index in [4.69, 9.17) is 21.1 Å². The third-order valence-electron chi connectivity index (χ3n) is 4.78. The van der Waals surface area contributed by atoms with Crippen molar-refractivity contribution in [2.45, 2.75) is 32.5 Å². The van der Waals surface area contributed by atoms with E-state index in [-0.39, 0.29) is 42.3 Å². The van der Waals surface area contributed by atoms with Crippen molar-refractivity contribution in [3.05, 3.63) is 33.3 Å². The summed E-state index contributed by atoms with van der Waals surface area (Å²) in [4.78, 5) is 34.6. The monoisotopic (exact) mass is 506 g/mol. The van der Waals surface area contributed by atoms with E-state index in [2.05, 4.69) is 26.9 Å². The number of nitrogens with zero attached hydrogens (tertiary/aromatic N) is 5. The number of hydrogen-bond acceptors (Lipinski definition) is 6. The molecule has 1 aliphatic rings. The first-order valence-corrected chi connectivity index (χ1v) is 10.7. The van der Waals surface area contributed by atoms with Crippen molar-refractivity contribution < 1.29 is 27.4 Å². The fraction of sp³-hybridized carbons (Fsp3) is 0.550. The smallest absolute Gasteiger partial charge is 0.413 e. The molecule has 1 fully saturated rings. The van der Waals surface area contributed by atoms with Crippen LogP contribution in [0.15, 0.2) is 32.7 Å². The molecule has 0 spiro atoms. The molecular weight excluding hydrogens is 481 g/mol. The maximum Gasteiger partial charge on any atom is 0.413 e. The largest absolute Gasteiger partial charge is 0.485 e. The fourth-order valence-corrected chi connectivity index (χ4v) is 3.01. The zero-order chi connectivity index (χ0) is 25.3. The van der Waals surface area contributed by atoms with Crippen LogP contribution >= 0.6 is 11.6 Å². The molecule has 188 valence electrons. The van der Waals surface area contributed by atoms with E-state index < -0.39 is 23.4 Å². The Labute approximate surface area is 199 Å². The molecule has 10 nitrogen and oxygen atoms in total. The topological polar surface area (TPSA) is 112 Å². The number of hydrogen-bond donors (Lipinski definition) is 1. The Morgan fingerprint density at radius 2 is 2.00 bits per heavy atom. The van der Waals surface area contributed by atoms with Crippen LogP contribution in [0.2, 0.25) is 5.02 Å². The Morgan fingerprint density at radius 1 is 1.35 bits per heavy atom. The van der Waals surface area contributed by atoms with E-state index in [1.807, 2.05) is 0 Å². The van der Waals surface area contributed by atoms with Crippen molar-refractivity contribution in [2.24, 2.45) is 9.98 Å². The Kier molecular flexibility index (Phi) is 10.1. The Morgan fingerprint density at radius 3 is 2.62 bits per heavy atom. The number of H-pyrrole nitrogens is 1. The van der Waals surface area contributed by atoms with Gasteiger partial charge in [0.2, 0.25) is 11.9 Å². The zero-order valence-electron chi connectivity index (χ0n) is 18.8. The van der Waals surface area contributed by atoms with Gasteiger partial charge in [-0.05, 0) is 20.6 Å². The van der Waals surface area contributed by atoms with Crippen molar-refractivity contribution >= 4 is 30.2 Å². The van der Waals surface area contributed by atoms with Crippen LogP contribution in [0.4, 0.5) is 13.2 Å². The molecule has 0 radical (unpaired) electrons. The minimum Gasteiger partial charge on any atom is -0.485 e. The molecule has 1 aromatic rings. The Balaban J connectivity index is 1.73. The van der Waals surface area contributed by atoms with Crippen LogP contribution < -0.4 is 10.3 Å². The minimum atomic E-state index is -4.46. The van der Waals surface area contributed by atoms with Crippen molar-refractivity contribution in [3.63, 3.8) is 0 Å². The molecule has 14 heteroatoms. The second-order valence-electron chi connectivity index (χ2n) is 7.40. The molecule has 0 aliphatic carbocycles. The van der Waals surface area contributed by atoms with Gasteiger partial charge in [0.25, 0.3) is 5.56 Å². The van der Waals surface area contributed by atoms with E-state index in [0.717, 1.165) is 6.92 Å². The number of aliphatic imine (C=N–C) groups is 2. The first kappa shape index (κ1) is 27.3. The Bertz CT molecular complexity index is 974. The number of aromatic amines is 1. The first-order valence-electron chi connectivity index (χ1n) is 10.3. The maximum absolute atomic E-state index is 12.6. The highest BCUT2D eigenvalue weighted by molar-refractivity contribution is 6.31. The number of ether oxygens (including phenoxy) is 2. The first-order chi connectivity index (χ1) is 16.0. The molecule has 2 rings (SSSR count). The van der Waals surface area contributed by atoms with Crippen LogP contribution in [0.1, 0.15) is 20.3 Å². The fourth-order valence-electron chi connectivity index (χ4n) is 2.87. The standard InChI is InChI=1S/C20H26ClF3N6O4/c1-13(20(22,23)24)10-26-19(25-3)30-7-5-29(6-8-30)16(31)4-9-33-12-14(2)34-15-11-27-28-18(32)17(15)21/h10-11,14H,3-9,12H2,1-2H3,(H,28,32)/b13-10+,26-19+/t14-/m0/s1. The lowest BCUT2D eigenvalue weighted by atomic mass is 10.3. The van der Waals surface area contributed by atoms with E-state index in [9.17, 15) is 22.8 Å². The second kappa shape index (κ2) is 12.5. The van der Waals surface area contributed by atoms with Gasteiger partial charge in [0, 0.05) is 38.0 Å². The number of alkyl halides is 3. The number of nitrogens with one attached hydrogen (secondary N) is 1. The van der Waals surface area contributed by atoms with E-state index in [1.165, 1.54) is 6.20 Å². The van der Waals surface area contributed by atoms with Crippen molar-refractivity contribution in [1.82, 2.24) is 20.0 Å². The molecule has 1 atom stereocenters. The lowest BCUT2D eigenvalue weighted by Gasteiger charge is -2.35. The lowest BCUT2D eigenvalue weighted by Crippen LogP contribution is -2.50. The molecule has 1 N–H and O–H groups in total. The van der Waals surface area contributed by atoms with Gasteiger partial charge in [-0.1, -0.05) is 11.6 Å². The number of piperazine rings is 1. The Hall–Kier alpha value is -2.93. The number of allylic oxidation sites excluding steroid dienone is 1. The summed E-state index contributed by atoms with van der Waals surface area (Å²) < 4.78 is 48.8. The minimum absolute atomic E-state index is 0.0729. The molecule has 0 unspecified atom stereocenters. The van der Waals surface area contributed by atoms with Crippen LogP contribution in [0.25, 0.3) is 0 Å². The molecule has 0 saturated carbocycles.